The summed E-state index contributed by atoms with van der Waals surface area (Å²) in [4.78, 5) is 33.2. The van der Waals surface area contributed by atoms with Gasteiger partial charge in [-0.1, -0.05) is 6.58 Å². The maximum Gasteiger partial charge on any atom is 0.417 e. The van der Waals surface area contributed by atoms with Crippen LogP contribution in [0.3, 0.4) is 0 Å². The van der Waals surface area contributed by atoms with Gasteiger partial charge in [-0.05, 0) is 25.7 Å². The molecule has 0 spiro atoms. The Morgan fingerprint density at radius 1 is 0.810 bits per heavy atom. The van der Waals surface area contributed by atoms with Crippen LogP contribution < -0.4 is 0 Å². The monoisotopic (exact) mass is 302 g/mol. The fraction of sp³-hybridized carbons (Fsp3) is 0.643. The number of esters is 3. The van der Waals surface area contributed by atoms with Crippen molar-refractivity contribution < 1.29 is 33.3 Å². The Balaban J connectivity index is 3.49. The van der Waals surface area contributed by atoms with E-state index in [1.54, 1.807) is 7.11 Å². The van der Waals surface area contributed by atoms with Crippen LogP contribution in [0, 0.1) is 0 Å². The van der Waals surface area contributed by atoms with Crippen LogP contribution in [-0.4, -0.2) is 51.4 Å². The molecule has 0 fully saturated rings. The smallest absolute Gasteiger partial charge is 0.417 e. The molecule has 0 bridgehead atoms. The van der Waals surface area contributed by atoms with Crippen molar-refractivity contribution in [2.24, 2.45) is 0 Å². The van der Waals surface area contributed by atoms with Crippen LogP contribution in [0.15, 0.2) is 12.7 Å². The van der Waals surface area contributed by atoms with Crippen molar-refractivity contribution in [3.05, 3.63) is 12.7 Å². The number of methoxy groups -OCH3 is 1. The molecular weight excluding hydrogens is 280 g/mol. The van der Waals surface area contributed by atoms with Gasteiger partial charge in [-0.2, -0.15) is 0 Å². The molecule has 0 unspecified atom stereocenters. The van der Waals surface area contributed by atoms with Gasteiger partial charge >= 0.3 is 17.9 Å². The topological polar surface area (TPSA) is 88.1 Å². The van der Waals surface area contributed by atoms with Gasteiger partial charge < -0.3 is 18.9 Å². The molecule has 0 rings (SSSR count). The predicted octanol–water partition coefficient (Wildman–Crippen LogP) is 1.01. The first-order valence-electron chi connectivity index (χ1n) is 6.73. The highest BCUT2D eigenvalue weighted by atomic mass is 16.6. The standard InChI is InChI=1S/C14H22O7/c1-3-12(15)19-9-6-7-11-21-14(17)13(16)20-10-5-4-8-18-2/h3H,1,4-11H2,2H3. The lowest BCUT2D eigenvalue weighted by molar-refractivity contribution is -0.167. The first-order valence-corrected chi connectivity index (χ1v) is 6.73. The molecule has 120 valence electrons. The van der Waals surface area contributed by atoms with Gasteiger partial charge in [0.15, 0.2) is 0 Å². The van der Waals surface area contributed by atoms with E-state index < -0.39 is 17.9 Å². The van der Waals surface area contributed by atoms with Crippen molar-refractivity contribution >= 4 is 17.9 Å². The van der Waals surface area contributed by atoms with Gasteiger partial charge in [0.1, 0.15) is 0 Å². The molecule has 0 aliphatic rings. The summed E-state index contributed by atoms with van der Waals surface area (Å²) >= 11 is 0. The summed E-state index contributed by atoms with van der Waals surface area (Å²) in [6.45, 7) is 4.29. The number of hydrogen-bond acceptors (Lipinski definition) is 7. The fourth-order valence-corrected chi connectivity index (χ4v) is 1.23. The van der Waals surface area contributed by atoms with E-state index >= 15 is 0 Å². The molecule has 0 aromatic rings. The predicted molar refractivity (Wildman–Crippen MR) is 73.4 cm³/mol. The average molecular weight is 302 g/mol. The van der Waals surface area contributed by atoms with Gasteiger partial charge in [-0.3, -0.25) is 0 Å². The van der Waals surface area contributed by atoms with Gasteiger partial charge in [0.2, 0.25) is 0 Å². The van der Waals surface area contributed by atoms with Crippen LogP contribution in [0.25, 0.3) is 0 Å². The number of unbranched alkanes of at least 4 members (excludes halogenated alkanes) is 2. The average Bonchev–Trinajstić information content (AvgIpc) is 2.49. The number of ether oxygens (including phenoxy) is 4. The molecule has 0 radical (unpaired) electrons. The Bertz CT molecular complexity index is 338. The molecule has 7 nitrogen and oxygen atoms in total. The summed E-state index contributed by atoms with van der Waals surface area (Å²) in [6.07, 6.45) is 3.46. The second kappa shape index (κ2) is 13.1. The Kier molecular flexibility index (Phi) is 11.9. The van der Waals surface area contributed by atoms with Crippen molar-refractivity contribution in [3.63, 3.8) is 0 Å². The van der Waals surface area contributed by atoms with Gasteiger partial charge in [-0.15, -0.1) is 0 Å². The van der Waals surface area contributed by atoms with E-state index in [0.717, 1.165) is 12.5 Å². The Labute approximate surface area is 124 Å². The quantitative estimate of drug-likeness (QED) is 0.185. The van der Waals surface area contributed by atoms with Crippen molar-refractivity contribution in [1.29, 1.82) is 0 Å². The third kappa shape index (κ3) is 11.6. The van der Waals surface area contributed by atoms with Gasteiger partial charge in [0, 0.05) is 19.8 Å². The lowest BCUT2D eigenvalue weighted by Gasteiger charge is -2.06. The van der Waals surface area contributed by atoms with E-state index in [0.29, 0.717) is 25.9 Å². The summed E-state index contributed by atoms with van der Waals surface area (Å²) in [6, 6.07) is 0. The molecule has 0 amide bonds. The number of hydrogen-bond donors (Lipinski definition) is 0. The summed E-state index contributed by atoms with van der Waals surface area (Å²) < 4.78 is 19.0. The second-order valence-corrected chi connectivity index (χ2v) is 4.05. The third-order valence-electron chi connectivity index (χ3n) is 2.33. The third-order valence-corrected chi connectivity index (χ3v) is 2.33. The summed E-state index contributed by atoms with van der Waals surface area (Å²) in [5, 5.41) is 0. The first kappa shape index (κ1) is 19.1. The highest BCUT2D eigenvalue weighted by Gasteiger charge is 2.16. The van der Waals surface area contributed by atoms with Crippen LogP contribution in [-0.2, 0) is 33.3 Å². The SMILES string of the molecule is C=CC(=O)OCCCCOC(=O)C(=O)OCCCCOC. The van der Waals surface area contributed by atoms with Gasteiger partial charge in [-0.25, -0.2) is 14.4 Å². The first-order chi connectivity index (χ1) is 10.1. The van der Waals surface area contributed by atoms with Crippen LogP contribution >= 0.6 is 0 Å². The minimum absolute atomic E-state index is 0.0727. The van der Waals surface area contributed by atoms with Crippen LogP contribution in [0.1, 0.15) is 25.7 Å². The van der Waals surface area contributed by atoms with Crippen molar-refractivity contribution in [1.82, 2.24) is 0 Å². The van der Waals surface area contributed by atoms with Crippen molar-refractivity contribution in [2.45, 2.75) is 25.7 Å². The highest BCUT2D eigenvalue weighted by molar-refractivity contribution is 6.29. The van der Waals surface area contributed by atoms with Gasteiger partial charge in [0.25, 0.3) is 0 Å². The zero-order valence-corrected chi connectivity index (χ0v) is 12.3. The highest BCUT2D eigenvalue weighted by Crippen LogP contribution is 1.96. The van der Waals surface area contributed by atoms with Crippen molar-refractivity contribution in [3.8, 4) is 0 Å². The van der Waals surface area contributed by atoms with E-state index in [-0.39, 0.29) is 19.8 Å². The van der Waals surface area contributed by atoms with E-state index in [9.17, 15) is 14.4 Å². The van der Waals surface area contributed by atoms with Crippen LogP contribution in [0.2, 0.25) is 0 Å². The lowest BCUT2D eigenvalue weighted by Crippen LogP contribution is -2.21. The summed E-state index contributed by atoms with van der Waals surface area (Å²) in [7, 11) is 1.59. The Hall–Kier alpha value is -1.89. The zero-order chi connectivity index (χ0) is 15.9. The second-order valence-electron chi connectivity index (χ2n) is 4.05. The molecule has 0 saturated heterocycles. The minimum Gasteiger partial charge on any atom is -0.463 e. The normalized spacial score (nSPS) is 9.76. The lowest BCUT2D eigenvalue weighted by atomic mass is 10.3. The number of carbonyl (C=O) groups is 3. The molecule has 0 heterocycles. The summed E-state index contributed by atoms with van der Waals surface area (Å²) in [5.41, 5.74) is 0. The molecule has 0 aliphatic heterocycles. The van der Waals surface area contributed by atoms with Crippen molar-refractivity contribution in [2.75, 3.05) is 33.5 Å². The zero-order valence-electron chi connectivity index (χ0n) is 12.3. The molecule has 0 aromatic heterocycles. The molecule has 7 heteroatoms. The summed E-state index contributed by atoms with van der Waals surface area (Å²) in [5.74, 6) is -2.50. The van der Waals surface area contributed by atoms with E-state index in [1.807, 2.05) is 0 Å². The molecule has 0 aliphatic carbocycles. The molecule has 0 aromatic carbocycles. The molecule has 0 N–H and O–H groups in total. The van der Waals surface area contributed by atoms with Gasteiger partial charge in [0.05, 0.1) is 19.8 Å². The van der Waals surface area contributed by atoms with E-state index in [1.165, 1.54) is 0 Å². The molecule has 21 heavy (non-hydrogen) atoms. The minimum atomic E-state index is -1.01. The number of rotatable bonds is 11. The van der Waals surface area contributed by atoms with E-state index in [4.69, 9.17) is 18.9 Å². The van der Waals surface area contributed by atoms with E-state index in [2.05, 4.69) is 6.58 Å². The maximum absolute atomic E-state index is 11.2. The molecule has 0 atom stereocenters. The van der Waals surface area contributed by atoms with Crippen LogP contribution in [0.4, 0.5) is 0 Å². The Morgan fingerprint density at radius 2 is 1.24 bits per heavy atom. The van der Waals surface area contributed by atoms with Crippen LogP contribution in [0.5, 0.6) is 0 Å². The molecular formula is C14H22O7. The fourth-order valence-electron chi connectivity index (χ4n) is 1.23. The maximum atomic E-state index is 11.2. The largest absolute Gasteiger partial charge is 0.463 e. The molecule has 0 saturated carbocycles. The number of carbonyl (C=O) groups excluding carboxylic acids is 3. The Morgan fingerprint density at radius 3 is 1.67 bits per heavy atom.